The molecule has 0 rings (SSSR count). The van der Waals surface area contributed by atoms with Crippen LogP contribution in [0.25, 0.3) is 0 Å². The monoisotopic (exact) mass is 362 g/mol. The molecule has 16 heavy (non-hydrogen) atoms. The second-order valence-electron chi connectivity index (χ2n) is 3.40. The molecular weight excluding hydrogens is 352 g/mol. The minimum atomic E-state index is -1.74. The van der Waals surface area contributed by atoms with Gasteiger partial charge in [-0.1, -0.05) is 0 Å². The van der Waals surface area contributed by atoms with Crippen molar-refractivity contribution in [1.82, 2.24) is 0 Å². The van der Waals surface area contributed by atoms with E-state index in [1.54, 1.807) is 6.92 Å². The highest BCUT2D eigenvalue weighted by molar-refractivity contribution is 9.10. The third-order valence-electron chi connectivity index (χ3n) is 2.00. The predicted octanol–water partition coefficient (Wildman–Crippen LogP) is 2.17. The summed E-state index contributed by atoms with van der Waals surface area (Å²) in [5.74, 6) is 0. The Labute approximate surface area is 109 Å². The highest BCUT2D eigenvalue weighted by atomic mass is 79.9. The predicted molar refractivity (Wildman–Crippen MR) is 64.1 cm³/mol. The Balaban J connectivity index is 5.31. The zero-order chi connectivity index (χ0) is 13.1. The SMILES string of the molecule is CCOC(C(C)(Br)[N+](=O)[O-])C(C)(Br)[N+](=O)[O-]. The van der Waals surface area contributed by atoms with Crippen LogP contribution in [0.2, 0.25) is 0 Å². The van der Waals surface area contributed by atoms with E-state index in [0.29, 0.717) is 0 Å². The average Bonchev–Trinajstić information content (AvgIpc) is 2.12. The van der Waals surface area contributed by atoms with E-state index in [1.807, 2.05) is 0 Å². The third-order valence-corrected chi connectivity index (χ3v) is 3.42. The molecular formula is C7H12Br2N2O5. The molecule has 0 heterocycles. The maximum atomic E-state index is 10.8. The summed E-state index contributed by atoms with van der Waals surface area (Å²) in [5.41, 5.74) is 0. The van der Waals surface area contributed by atoms with Crippen LogP contribution < -0.4 is 0 Å². The zero-order valence-corrected chi connectivity index (χ0v) is 12.1. The highest BCUT2D eigenvalue weighted by Crippen LogP contribution is 2.37. The lowest BCUT2D eigenvalue weighted by Gasteiger charge is -2.29. The van der Waals surface area contributed by atoms with Crippen molar-refractivity contribution in [2.75, 3.05) is 6.61 Å². The fourth-order valence-electron chi connectivity index (χ4n) is 1.14. The van der Waals surface area contributed by atoms with Crippen molar-refractivity contribution in [3.05, 3.63) is 20.2 Å². The number of nitrogens with zero attached hydrogens (tertiary/aromatic N) is 2. The van der Waals surface area contributed by atoms with Gasteiger partial charge in [-0.3, -0.25) is 20.2 Å². The second-order valence-corrected chi connectivity index (χ2v) is 6.61. The Morgan fingerprint density at radius 1 is 1.19 bits per heavy atom. The molecule has 0 bridgehead atoms. The maximum absolute atomic E-state index is 10.8. The Kier molecular flexibility index (Phi) is 5.27. The summed E-state index contributed by atoms with van der Waals surface area (Å²) in [6.45, 7) is 4.18. The Bertz CT molecular complexity index is 269. The summed E-state index contributed by atoms with van der Waals surface area (Å²) < 4.78 is 1.63. The van der Waals surface area contributed by atoms with Gasteiger partial charge in [-0.05, 0) is 6.92 Å². The number of hydrogen-bond donors (Lipinski definition) is 0. The molecule has 0 saturated carbocycles. The molecule has 0 N–H and O–H groups in total. The second kappa shape index (κ2) is 5.37. The van der Waals surface area contributed by atoms with Crippen molar-refractivity contribution in [3.63, 3.8) is 0 Å². The molecule has 2 unspecified atom stereocenters. The van der Waals surface area contributed by atoms with E-state index in [-0.39, 0.29) is 6.61 Å². The van der Waals surface area contributed by atoms with E-state index in [9.17, 15) is 20.2 Å². The molecule has 0 radical (unpaired) electrons. The van der Waals surface area contributed by atoms with Gasteiger partial charge in [0.05, 0.1) is 0 Å². The van der Waals surface area contributed by atoms with Crippen LogP contribution in [0.1, 0.15) is 20.8 Å². The summed E-state index contributed by atoms with van der Waals surface area (Å²) in [4.78, 5) is 20.4. The number of ether oxygens (including phenoxy) is 1. The first-order chi connectivity index (χ1) is 7.08. The van der Waals surface area contributed by atoms with Gasteiger partial charge in [0, 0.05) is 62.2 Å². The summed E-state index contributed by atoms with van der Waals surface area (Å²) in [6.07, 6.45) is -1.25. The van der Waals surface area contributed by atoms with E-state index >= 15 is 0 Å². The van der Waals surface area contributed by atoms with E-state index in [0.717, 1.165) is 0 Å². The smallest absolute Gasteiger partial charge is 0.305 e. The maximum Gasteiger partial charge on any atom is 0.305 e. The summed E-state index contributed by atoms with van der Waals surface area (Å²) in [6, 6.07) is 0. The van der Waals surface area contributed by atoms with Gasteiger partial charge in [0.15, 0.2) is 0 Å². The number of nitro groups is 2. The van der Waals surface area contributed by atoms with Crippen LogP contribution in [0, 0.1) is 20.2 Å². The Hall–Kier alpha value is -0.280. The molecule has 0 aliphatic rings. The van der Waals surface area contributed by atoms with E-state index in [4.69, 9.17) is 4.74 Å². The van der Waals surface area contributed by atoms with Crippen LogP contribution in [0.15, 0.2) is 0 Å². The van der Waals surface area contributed by atoms with Crippen LogP contribution in [-0.2, 0) is 4.74 Å². The first-order valence-corrected chi connectivity index (χ1v) is 5.95. The average molecular weight is 364 g/mol. The van der Waals surface area contributed by atoms with Gasteiger partial charge in [0.2, 0.25) is 6.10 Å². The van der Waals surface area contributed by atoms with Crippen molar-refractivity contribution in [3.8, 4) is 0 Å². The van der Waals surface area contributed by atoms with Crippen LogP contribution in [0.5, 0.6) is 0 Å². The van der Waals surface area contributed by atoms with Gasteiger partial charge < -0.3 is 4.74 Å². The lowest BCUT2D eigenvalue weighted by molar-refractivity contribution is -0.590. The molecule has 0 aromatic carbocycles. The van der Waals surface area contributed by atoms with Crippen molar-refractivity contribution in [1.29, 1.82) is 0 Å². The van der Waals surface area contributed by atoms with Crippen molar-refractivity contribution in [2.24, 2.45) is 0 Å². The third kappa shape index (κ3) is 3.11. The van der Waals surface area contributed by atoms with Gasteiger partial charge >= 0.3 is 8.90 Å². The largest absolute Gasteiger partial charge is 0.363 e. The van der Waals surface area contributed by atoms with Gasteiger partial charge in [-0.15, -0.1) is 0 Å². The molecule has 2 atom stereocenters. The molecule has 0 fully saturated rings. The van der Waals surface area contributed by atoms with Crippen LogP contribution in [0.4, 0.5) is 0 Å². The fourth-order valence-corrected chi connectivity index (χ4v) is 2.61. The van der Waals surface area contributed by atoms with Crippen LogP contribution >= 0.6 is 31.9 Å². The van der Waals surface area contributed by atoms with E-state index in [1.165, 1.54) is 13.8 Å². The molecule has 0 aromatic rings. The van der Waals surface area contributed by atoms with Crippen LogP contribution in [0.3, 0.4) is 0 Å². The van der Waals surface area contributed by atoms with E-state index < -0.39 is 24.8 Å². The summed E-state index contributed by atoms with van der Waals surface area (Å²) >= 11 is 5.72. The number of rotatable bonds is 6. The Morgan fingerprint density at radius 3 is 1.69 bits per heavy atom. The summed E-state index contributed by atoms with van der Waals surface area (Å²) in [5, 5.41) is 21.7. The first kappa shape index (κ1) is 15.7. The molecule has 94 valence electrons. The fraction of sp³-hybridized carbons (Fsp3) is 1.00. The van der Waals surface area contributed by atoms with Gasteiger partial charge in [0.1, 0.15) is 0 Å². The van der Waals surface area contributed by atoms with E-state index in [2.05, 4.69) is 31.9 Å². The van der Waals surface area contributed by atoms with Crippen molar-refractivity contribution < 1.29 is 14.6 Å². The molecule has 0 aliphatic carbocycles. The molecule has 0 saturated heterocycles. The molecule has 7 nitrogen and oxygen atoms in total. The number of hydrogen-bond acceptors (Lipinski definition) is 5. The lowest BCUT2D eigenvalue weighted by atomic mass is 10.1. The Morgan fingerprint density at radius 2 is 1.50 bits per heavy atom. The van der Waals surface area contributed by atoms with Crippen LogP contribution in [-0.4, -0.2) is 31.5 Å². The normalized spacial score (nSPS) is 20.6. The molecule has 0 aromatic heterocycles. The van der Waals surface area contributed by atoms with Crippen molar-refractivity contribution in [2.45, 2.75) is 35.8 Å². The van der Waals surface area contributed by atoms with Gasteiger partial charge in [-0.2, -0.15) is 0 Å². The standard InChI is InChI=1S/C7H12Br2N2O5/c1-4-16-5(6(2,8)10(12)13)7(3,9)11(14)15/h5H,4H2,1-3H3. The lowest BCUT2D eigenvalue weighted by Crippen LogP contribution is -2.56. The molecule has 0 amide bonds. The number of alkyl halides is 2. The quantitative estimate of drug-likeness (QED) is 0.312. The molecule has 0 aliphatic heterocycles. The topological polar surface area (TPSA) is 95.5 Å². The molecule has 9 heteroatoms. The summed E-state index contributed by atoms with van der Waals surface area (Å²) in [7, 11) is 0. The molecule has 0 spiro atoms. The minimum Gasteiger partial charge on any atom is -0.363 e. The highest BCUT2D eigenvalue weighted by Gasteiger charge is 2.60. The zero-order valence-electron chi connectivity index (χ0n) is 8.98. The number of halogens is 2. The minimum absolute atomic E-state index is 0.134. The van der Waals surface area contributed by atoms with Crippen molar-refractivity contribution >= 4 is 31.9 Å². The first-order valence-electron chi connectivity index (χ1n) is 4.36. The van der Waals surface area contributed by atoms with Gasteiger partial charge in [0.25, 0.3) is 0 Å². The van der Waals surface area contributed by atoms with Gasteiger partial charge in [-0.25, -0.2) is 0 Å².